The van der Waals surface area contributed by atoms with Crippen LogP contribution >= 0.6 is 0 Å². The molecule has 140 valence electrons. The minimum atomic E-state index is -1.74. The van der Waals surface area contributed by atoms with E-state index in [0.717, 1.165) is 20.8 Å². The minimum Gasteiger partial charge on any atom is -0.300 e. The quantitative estimate of drug-likeness (QED) is 0.275. The van der Waals surface area contributed by atoms with Crippen LogP contribution in [0.4, 0.5) is 0 Å². The number of hydrogen-bond donors (Lipinski definition) is 1. The predicted molar refractivity (Wildman–Crippen MR) is 80.9 cm³/mol. The van der Waals surface area contributed by atoms with Crippen molar-refractivity contribution in [2.75, 3.05) is 0 Å². The lowest BCUT2D eigenvalue weighted by atomic mass is 10.1. The normalized spacial score (nSPS) is 9.65. The molecule has 0 atom stereocenters. The van der Waals surface area contributed by atoms with Crippen LogP contribution in [0.1, 0.15) is 40.0 Å². The molecule has 1 N–H and O–H groups in total. The molecule has 0 aromatic heterocycles. The highest BCUT2D eigenvalue weighted by molar-refractivity contribution is 6.50. The van der Waals surface area contributed by atoms with Crippen LogP contribution < -0.4 is 5.43 Å². The molecule has 11 heteroatoms. The van der Waals surface area contributed by atoms with Crippen molar-refractivity contribution in [3.8, 4) is 0 Å². The molecule has 0 aliphatic carbocycles. The molecule has 0 aromatic rings. The van der Waals surface area contributed by atoms with Crippen LogP contribution in [0.3, 0.4) is 0 Å². The molecule has 0 aromatic carbocycles. The average molecular weight is 368 g/mol. The zero-order valence-electron chi connectivity index (χ0n) is 14.2. The average Bonchev–Trinajstić information content (AvgIpc) is 2.48. The molecule has 26 heavy (non-hydrogen) atoms. The first kappa shape index (κ1) is 22.6. The SMILES string of the molecule is CC(=O)CC(=O)C(=O)NN(C(=O)C(=O)CC(C)=O)C(=O)C(=O)CC(C)=O. The lowest BCUT2D eigenvalue weighted by Crippen LogP contribution is -2.56. The molecular weight excluding hydrogens is 352 g/mol. The molecule has 0 unspecified atom stereocenters. The third kappa shape index (κ3) is 7.47. The Morgan fingerprint density at radius 1 is 0.577 bits per heavy atom. The van der Waals surface area contributed by atoms with Crippen LogP contribution in [-0.4, -0.2) is 57.4 Å². The van der Waals surface area contributed by atoms with Gasteiger partial charge in [0.25, 0.3) is 0 Å². The molecule has 11 nitrogen and oxygen atoms in total. The lowest BCUT2D eigenvalue weighted by molar-refractivity contribution is -0.162. The Morgan fingerprint density at radius 3 is 1.19 bits per heavy atom. The Hall–Kier alpha value is -3.37. The van der Waals surface area contributed by atoms with E-state index in [1.54, 1.807) is 0 Å². The Labute approximate surface area is 147 Å². The summed E-state index contributed by atoms with van der Waals surface area (Å²) in [5.41, 5.74) is 1.46. The van der Waals surface area contributed by atoms with Gasteiger partial charge in [0.2, 0.25) is 17.3 Å². The number of rotatable bonds is 9. The first-order valence-electron chi connectivity index (χ1n) is 7.13. The van der Waals surface area contributed by atoms with Gasteiger partial charge < -0.3 is 0 Å². The smallest absolute Gasteiger partial charge is 0.300 e. The Morgan fingerprint density at radius 2 is 0.885 bits per heavy atom. The third-order valence-electron chi connectivity index (χ3n) is 2.58. The van der Waals surface area contributed by atoms with Gasteiger partial charge in [0.1, 0.15) is 17.3 Å². The number of hydrazine groups is 1. The van der Waals surface area contributed by atoms with E-state index in [0.29, 0.717) is 0 Å². The lowest BCUT2D eigenvalue weighted by Gasteiger charge is -2.19. The van der Waals surface area contributed by atoms with E-state index in [2.05, 4.69) is 0 Å². The molecule has 3 amide bonds. The molecule has 0 radical (unpaired) electrons. The van der Waals surface area contributed by atoms with Gasteiger partial charge in [0, 0.05) is 0 Å². The molecule has 0 saturated heterocycles. The second kappa shape index (κ2) is 9.81. The van der Waals surface area contributed by atoms with Crippen molar-refractivity contribution in [3.05, 3.63) is 0 Å². The number of carbonyl (C=O) groups is 9. The van der Waals surface area contributed by atoms with Crippen molar-refractivity contribution >= 4 is 52.4 Å². The van der Waals surface area contributed by atoms with Gasteiger partial charge in [-0.1, -0.05) is 0 Å². The number of amides is 3. The van der Waals surface area contributed by atoms with Crippen LogP contribution in [0, 0.1) is 0 Å². The number of ketones is 6. The van der Waals surface area contributed by atoms with Crippen molar-refractivity contribution in [2.45, 2.75) is 40.0 Å². The van der Waals surface area contributed by atoms with E-state index in [-0.39, 0.29) is 5.01 Å². The van der Waals surface area contributed by atoms with Gasteiger partial charge >= 0.3 is 17.7 Å². The first-order valence-corrected chi connectivity index (χ1v) is 7.13. The zero-order valence-corrected chi connectivity index (χ0v) is 14.2. The van der Waals surface area contributed by atoms with Crippen LogP contribution in [0.2, 0.25) is 0 Å². The van der Waals surface area contributed by atoms with Crippen LogP contribution in [0.15, 0.2) is 0 Å². The van der Waals surface area contributed by atoms with E-state index in [1.165, 1.54) is 5.43 Å². The monoisotopic (exact) mass is 368 g/mol. The molecular formula is C15H16N2O9. The van der Waals surface area contributed by atoms with Gasteiger partial charge in [0.05, 0.1) is 19.3 Å². The van der Waals surface area contributed by atoms with Gasteiger partial charge in [-0.3, -0.25) is 48.6 Å². The number of imide groups is 1. The number of carbonyl (C=O) groups excluding carboxylic acids is 9. The molecule has 0 aliphatic rings. The van der Waals surface area contributed by atoms with Gasteiger partial charge in [-0.2, -0.15) is 5.01 Å². The second-order valence-electron chi connectivity index (χ2n) is 5.29. The summed E-state index contributed by atoms with van der Waals surface area (Å²) >= 11 is 0. The highest BCUT2D eigenvalue weighted by atomic mass is 16.2. The Bertz CT molecular complexity index is 681. The highest BCUT2D eigenvalue weighted by Crippen LogP contribution is 1.99. The number of nitrogens with one attached hydrogen (secondary N) is 1. The van der Waals surface area contributed by atoms with Gasteiger partial charge in [-0.15, -0.1) is 0 Å². The first-order chi connectivity index (χ1) is 11.9. The summed E-state index contributed by atoms with van der Waals surface area (Å²) in [5, 5.41) is -0.336. The topological polar surface area (TPSA) is 169 Å². The molecule has 0 rings (SSSR count). The van der Waals surface area contributed by atoms with Crippen molar-refractivity contribution in [2.24, 2.45) is 0 Å². The fourth-order valence-corrected chi connectivity index (χ4v) is 1.52. The maximum Gasteiger partial charge on any atom is 0.316 e. The zero-order chi connectivity index (χ0) is 20.6. The van der Waals surface area contributed by atoms with E-state index in [1.807, 2.05) is 0 Å². The maximum absolute atomic E-state index is 12.0. The number of Topliss-reactive ketones (excluding diaryl/α,β-unsaturated/α-hetero) is 6. The minimum absolute atomic E-state index is 0.336. The van der Waals surface area contributed by atoms with E-state index >= 15 is 0 Å². The van der Waals surface area contributed by atoms with Gasteiger partial charge in [-0.05, 0) is 20.8 Å². The largest absolute Gasteiger partial charge is 0.316 e. The highest BCUT2D eigenvalue weighted by Gasteiger charge is 2.35. The summed E-state index contributed by atoms with van der Waals surface area (Å²) in [4.78, 5) is 103. The summed E-state index contributed by atoms with van der Waals surface area (Å²) in [6.45, 7) is 2.96. The number of hydrogen-bond acceptors (Lipinski definition) is 9. The van der Waals surface area contributed by atoms with E-state index in [9.17, 15) is 43.2 Å². The standard InChI is InChI=1S/C15H16N2O9/c1-7(18)4-10(21)13(24)16-17(14(25)11(22)5-8(2)19)15(26)12(23)6-9(3)20/h4-6H2,1-3H3,(H,16,24). The summed E-state index contributed by atoms with van der Waals surface area (Å²) in [6.07, 6.45) is -2.67. The molecule has 0 heterocycles. The van der Waals surface area contributed by atoms with Crippen LogP contribution in [0.25, 0.3) is 0 Å². The van der Waals surface area contributed by atoms with E-state index < -0.39 is 71.7 Å². The molecule has 0 bridgehead atoms. The fraction of sp³-hybridized carbons (Fsp3) is 0.400. The van der Waals surface area contributed by atoms with E-state index in [4.69, 9.17) is 0 Å². The molecule has 0 aliphatic heterocycles. The van der Waals surface area contributed by atoms with Crippen molar-refractivity contribution in [1.29, 1.82) is 0 Å². The second-order valence-corrected chi connectivity index (χ2v) is 5.29. The fourth-order valence-electron chi connectivity index (χ4n) is 1.52. The summed E-state index contributed by atoms with van der Waals surface area (Å²) in [6, 6.07) is 0. The maximum atomic E-state index is 12.0. The van der Waals surface area contributed by atoms with Crippen LogP contribution in [0.5, 0.6) is 0 Å². The Kier molecular flexibility index (Phi) is 8.54. The van der Waals surface area contributed by atoms with Crippen LogP contribution in [-0.2, 0) is 43.2 Å². The van der Waals surface area contributed by atoms with Gasteiger partial charge in [0.15, 0.2) is 0 Å². The Balaban J connectivity index is 5.56. The van der Waals surface area contributed by atoms with Crippen molar-refractivity contribution in [3.63, 3.8) is 0 Å². The molecule has 0 spiro atoms. The predicted octanol–water partition coefficient (Wildman–Crippen LogP) is -1.98. The molecule has 0 saturated carbocycles. The third-order valence-corrected chi connectivity index (χ3v) is 2.58. The summed E-state index contributed by atoms with van der Waals surface area (Å²) < 4.78 is 0. The summed E-state index contributed by atoms with van der Waals surface area (Å²) in [5.74, 6) is -11.4. The van der Waals surface area contributed by atoms with Crippen molar-refractivity contribution in [1.82, 2.24) is 10.4 Å². The van der Waals surface area contributed by atoms with Gasteiger partial charge in [-0.25, -0.2) is 0 Å². The number of nitrogens with zero attached hydrogens (tertiary/aromatic N) is 1. The summed E-state index contributed by atoms with van der Waals surface area (Å²) in [7, 11) is 0. The van der Waals surface area contributed by atoms with Crippen molar-refractivity contribution < 1.29 is 43.2 Å². The molecule has 0 fully saturated rings.